The maximum Gasteiger partial charge on any atom is 0.245 e. The van der Waals surface area contributed by atoms with E-state index in [-0.39, 0.29) is 11.9 Å². The maximum absolute atomic E-state index is 12.4. The first-order valence-electron chi connectivity index (χ1n) is 8.99. The van der Waals surface area contributed by atoms with Gasteiger partial charge in [0.2, 0.25) is 5.91 Å². The summed E-state index contributed by atoms with van der Waals surface area (Å²) in [4.78, 5) is 18.8. The van der Waals surface area contributed by atoms with Gasteiger partial charge in [0.15, 0.2) is 0 Å². The minimum Gasteiger partial charge on any atom is -0.494 e. The average Bonchev–Trinajstić information content (AvgIpc) is 3.15. The van der Waals surface area contributed by atoms with Gasteiger partial charge in [-0.1, -0.05) is 13.8 Å². The Bertz CT molecular complexity index is 779. The summed E-state index contributed by atoms with van der Waals surface area (Å²) in [5.74, 6) is 2.31. The number of hydrogen-bond acceptors (Lipinski definition) is 3. The molecule has 1 saturated heterocycles. The van der Waals surface area contributed by atoms with Crippen molar-refractivity contribution in [1.82, 2.24) is 14.5 Å². The molecule has 25 heavy (non-hydrogen) atoms. The number of imidazole rings is 1. The molecule has 1 aromatic carbocycles. The predicted octanol–water partition coefficient (Wildman–Crippen LogP) is 3.78. The number of carbonyl (C=O) groups is 1. The predicted molar refractivity (Wildman–Crippen MR) is 98.9 cm³/mol. The molecule has 2 aromatic rings. The van der Waals surface area contributed by atoms with Gasteiger partial charge in [-0.3, -0.25) is 4.79 Å². The fourth-order valence-corrected chi connectivity index (χ4v) is 3.51. The molecule has 0 aliphatic carbocycles. The van der Waals surface area contributed by atoms with Crippen LogP contribution >= 0.6 is 0 Å². The number of benzene rings is 1. The average molecular weight is 341 g/mol. The molecule has 3 rings (SSSR count). The zero-order chi connectivity index (χ0) is 18.1. The van der Waals surface area contributed by atoms with E-state index in [9.17, 15) is 4.79 Å². The van der Waals surface area contributed by atoms with Crippen LogP contribution in [0.15, 0.2) is 24.5 Å². The Hall–Kier alpha value is -2.30. The largest absolute Gasteiger partial charge is 0.494 e. The van der Waals surface area contributed by atoms with E-state index in [0.29, 0.717) is 12.5 Å². The van der Waals surface area contributed by atoms with Gasteiger partial charge in [0, 0.05) is 31.5 Å². The summed E-state index contributed by atoms with van der Waals surface area (Å²) < 4.78 is 7.85. The maximum atomic E-state index is 12.4. The van der Waals surface area contributed by atoms with Crippen molar-refractivity contribution in [1.29, 1.82) is 0 Å². The summed E-state index contributed by atoms with van der Waals surface area (Å²) in [6, 6.07) is 4.11. The molecule has 5 nitrogen and oxygen atoms in total. The van der Waals surface area contributed by atoms with Crippen molar-refractivity contribution in [3.63, 3.8) is 0 Å². The van der Waals surface area contributed by atoms with E-state index in [1.807, 2.05) is 24.7 Å². The second-order valence-electron chi connectivity index (χ2n) is 7.02. The van der Waals surface area contributed by atoms with Gasteiger partial charge < -0.3 is 14.2 Å². The first kappa shape index (κ1) is 17.5. The van der Waals surface area contributed by atoms with E-state index in [4.69, 9.17) is 4.74 Å². The van der Waals surface area contributed by atoms with E-state index in [1.54, 1.807) is 11.1 Å². The number of rotatable bonds is 5. The lowest BCUT2D eigenvalue weighted by molar-refractivity contribution is -0.129. The van der Waals surface area contributed by atoms with Gasteiger partial charge >= 0.3 is 0 Å². The smallest absolute Gasteiger partial charge is 0.245 e. The SMILES string of the molecule is CCOc1cc(C)c(-c2nccn2C2CCN(C)C2=O)cc1C(C)C. The van der Waals surface area contributed by atoms with Crippen LogP contribution in [0, 0.1) is 6.92 Å². The molecule has 0 bridgehead atoms. The number of aromatic nitrogens is 2. The Morgan fingerprint density at radius 3 is 2.72 bits per heavy atom. The number of nitrogens with zero attached hydrogens (tertiary/aromatic N) is 3. The number of likely N-dealkylation sites (N-methyl/N-ethyl adjacent to an activating group) is 1. The molecule has 1 fully saturated rings. The molecule has 0 N–H and O–H groups in total. The minimum absolute atomic E-state index is 0.157. The Balaban J connectivity index is 2.08. The van der Waals surface area contributed by atoms with Crippen LogP contribution in [0.4, 0.5) is 0 Å². The van der Waals surface area contributed by atoms with Crippen molar-refractivity contribution in [2.75, 3.05) is 20.2 Å². The lowest BCUT2D eigenvalue weighted by Gasteiger charge is -2.19. The number of aryl methyl sites for hydroxylation is 1. The summed E-state index contributed by atoms with van der Waals surface area (Å²) >= 11 is 0. The summed E-state index contributed by atoms with van der Waals surface area (Å²) in [6.07, 6.45) is 4.53. The van der Waals surface area contributed by atoms with E-state index >= 15 is 0 Å². The van der Waals surface area contributed by atoms with Crippen LogP contribution in [-0.4, -0.2) is 40.6 Å². The highest BCUT2D eigenvalue weighted by molar-refractivity contribution is 5.83. The molecule has 1 aliphatic rings. The van der Waals surface area contributed by atoms with E-state index < -0.39 is 0 Å². The molecular formula is C20H27N3O2. The minimum atomic E-state index is -0.157. The fourth-order valence-electron chi connectivity index (χ4n) is 3.51. The molecule has 1 atom stereocenters. The third-order valence-electron chi connectivity index (χ3n) is 4.92. The quantitative estimate of drug-likeness (QED) is 0.831. The molecule has 0 radical (unpaired) electrons. The van der Waals surface area contributed by atoms with Crippen LogP contribution in [0.3, 0.4) is 0 Å². The third kappa shape index (κ3) is 3.15. The van der Waals surface area contributed by atoms with Crippen LogP contribution in [0.25, 0.3) is 11.4 Å². The molecule has 1 aliphatic heterocycles. The molecule has 5 heteroatoms. The zero-order valence-corrected chi connectivity index (χ0v) is 15.7. The van der Waals surface area contributed by atoms with Gasteiger partial charge in [-0.15, -0.1) is 0 Å². The summed E-state index contributed by atoms with van der Waals surface area (Å²) in [7, 11) is 1.86. The number of amides is 1. The van der Waals surface area contributed by atoms with Crippen LogP contribution in [0.2, 0.25) is 0 Å². The molecule has 0 saturated carbocycles. The van der Waals surface area contributed by atoms with Crippen molar-refractivity contribution in [3.05, 3.63) is 35.7 Å². The number of likely N-dealkylation sites (tertiary alicyclic amines) is 1. The van der Waals surface area contributed by atoms with Gasteiger partial charge in [-0.2, -0.15) is 0 Å². The van der Waals surface area contributed by atoms with Gasteiger partial charge in [0.1, 0.15) is 17.6 Å². The highest BCUT2D eigenvalue weighted by atomic mass is 16.5. The lowest BCUT2D eigenvalue weighted by atomic mass is 9.96. The zero-order valence-electron chi connectivity index (χ0n) is 15.7. The molecule has 1 amide bonds. The molecule has 1 aromatic heterocycles. The van der Waals surface area contributed by atoms with Gasteiger partial charge in [-0.05, 0) is 49.4 Å². The first-order chi connectivity index (χ1) is 11.9. The lowest BCUT2D eigenvalue weighted by Crippen LogP contribution is -2.24. The van der Waals surface area contributed by atoms with Gasteiger partial charge in [-0.25, -0.2) is 4.98 Å². The van der Waals surface area contributed by atoms with E-state index in [2.05, 4.69) is 37.9 Å². The molecule has 134 valence electrons. The normalized spacial score (nSPS) is 17.6. The Kier molecular flexibility index (Phi) is 4.84. The van der Waals surface area contributed by atoms with Crippen molar-refractivity contribution in [2.45, 2.75) is 46.1 Å². The van der Waals surface area contributed by atoms with Crippen LogP contribution in [-0.2, 0) is 4.79 Å². The highest BCUT2D eigenvalue weighted by Gasteiger charge is 2.32. The number of ether oxygens (including phenoxy) is 1. The van der Waals surface area contributed by atoms with Crippen LogP contribution < -0.4 is 4.74 Å². The molecular weight excluding hydrogens is 314 g/mol. The topological polar surface area (TPSA) is 47.4 Å². The van der Waals surface area contributed by atoms with E-state index in [0.717, 1.165) is 35.7 Å². The van der Waals surface area contributed by atoms with Crippen molar-refractivity contribution in [3.8, 4) is 17.1 Å². The summed E-state index contributed by atoms with van der Waals surface area (Å²) in [6.45, 7) is 9.85. The van der Waals surface area contributed by atoms with Crippen molar-refractivity contribution < 1.29 is 9.53 Å². The summed E-state index contributed by atoms with van der Waals surface area (Å²) in [5, 5.41) is 0. The Morgan fingerprint density at radius 1 is 1.36 bits per heavy atom. The van der Waals surface area contributed by atoms with Gasteiger partial charge in [0.25, 0.3) is 0 Å². The number of hydrogen-bond donors (Lipinski definition) is 0. The van der Waals surface area contributed by atoms with Crippen LogP contribution in [0.5, 0.6) is 5.75 Å². The third-order valence-corrected chi connectivity index (χ3v) is 4.92. The Morgan fingerprint density at radius 2 is 2.12 bits per heavy atom. The number of carbonyl (C=O) groups excluding carboxylic acids is 1. The second-order valence-corrected chi connectivity index (χ2v) is 7.02. The highest BCUT2D eigenvalue weighted by Crippen LogP contribution is 2.36. The van der Waals surface area contributed by atoms with Gasteiger partial charge in [0.05, 0.1) is 6.61 Å². The van der Waals surface area contributed by atoms with Crippen LogP contribution in [0.1, 0.15) is 50.3 Å². The monoisotopic (exact) mass is 341 g/mol. The Labute approximate surface area is 149 Å². The molecule has 1 unspecified atom stereocenters. The standard InChI is InChI=1S/C20H27N3O2/c1-6-25-18-11-14(4)16(12-15(18)13(2)3)19-21-8-10-23(19)17-7-9-22(5)20(17)24/h8,10-13,17H,6-7,9H2,1-5H3. The second kappa shape index (κ2) is 6.90. The summed E-state index contributed by atoms with van der Waals surface area (Å²) in [5.41, 5.74) is 3.35. The fraction of sp³-hybridized carbons (Fsp3) is 0.500. The first-order valence-corrected chi connectivity index (χ1v) is 8.99. The molecule has 2 heterocycles. The van der Waals surface area contributed by atoms with Crippen molar-refractivity contribution in [2.24, 2.45) is 0 Å². The van der Waals surface area contributed by atoms with Crippen molar-refractivity contribution >= 4 is 5.91 Å². The van der Waals surface area contributed by atoms with E-state index in [1.165, 1.54) is 5.56 Å². The molecule has 0 spiro atoms.